The van der Waals surface area contributed by atoms with Crippen LogP contribution in [0.25, 0.3) is 0 Å². The van der Waals surface area contributed by atoms with Crippen LogP contribution in [-0.2, 0) is 11.2 Å². The summed E-state index contributed by atoms with van der Waals surface area (Å²) in [5.41, 5.74) is 1.37. The number of carbonyl (C=O) groups is 1. The summed E-state index contributed by atoms with van der Waals surface area (Å²) in [5.74, 6) is -0.333. The van der Waals surface area contributed by atoms with E-state index in [1.54, 1.807) is 0 Å². The standard InChI is InChI=1S/C13H19NO2S/c1-9-4-6-17-12(9)3-5-14(2)8-10-7-11(10)13(15)16/h4,6,10-11H,3,5,7-8H2,1-2H3,(H,15,16). The van der Waals surface area contributed by atoms with Gasteiger partial charge in [-0.3, -0.25) is 4.79 Å². The Morgan fingerprint density at radius 1 is 1.65 bits per heavy atom. The van der Waals surface area contributed by atoms with Gasteiger partial charge in [0.2, 0.25) is 0 Å². The molecule has 1 N–H and O–H groups in total. The van der Waals surface area contributed by atoms with Gasteiger partial charge in [-0.25, -0.2) is 0 Å². The summed E-state index contributed by atoms with van der Waals surface area (Å²) in [6, 6.07) is 2.15. The number of likely N-dealkylation sites (N-methyl/N-ethyl adjacent to an activating group) is 1. The monoisotopic (exact) mass is 253 g/mol. The molecule has 0 spiro atoms. The third-order valence-corrected chi connectivity index (χ3v) is 4.56. The molecule has 0 bridgehead atoms. The lowest BCUT2D eigenvalue weighted by atomic mass is 10.2. The molecule has 1 heterocycles. The van der Waals surface area contributed by atoms with E-state index in [1.807, 2.05) is 11.3 Å². The van der Waals surface area contributed by atoms with Gasteiger partial charge in [-0.05, 0) is 49.7 Å². The van der Waals surface area contributed by atoms with Crippen molar-refractivity contribution >= 4 is 17.3 Å². The first-order valence-corrected chi connectivity index (χ1v) is 6.90. The molecule has 0 amide bonds. The Morgan fingerprint density at radius 2 is 2.41 bits per heavy atom. The van der Waals surface area contributed by atoms with E-state index in [0.717, 1.165) is 25.9 Å². The molecule has 3 nitrogen and oxygen atoms in total. The molecule has 2 atom stereocenters. The van der Waals surface area contributed by atoms with Crippen molar-refractivity contribution in [2.45, 2.75) is 19.8 Å². The Balaban J connectivity index is 1.70. The van der Waals surface area contributed by atoms with Crippen LogP contribution in [0.15, 0.2) is 11.4 Å². The van der Waals surface area contributed by atoms with Gasteiger partial charge in [0.15, 0.2) is 0 Å². The van der Waals surface area contributed by atoms with Gasteiger partial charge in [0.25, 0.3) is 0 Å². The molecule has 1 aliphatic carbocycles. The van der Waals surface area contributed by atoms with Crippen LogP contribution in [0.5, 0.6) is 0 Å². The molecule has 0 aliphatic heterocycles. The summed E-state index contributed by atoms with van der Waals surface area (Å²) in [6.45, 7) is 4.08. The second kappa shape index (κ2) is 5.19. The van der Waals surface area contributed by atoms with Crippen LogP contribution in [-0.4, -0.2) is 36.1 Å². The summed E-state index contributed by atoms with van der Waals surface area (Å²) < 4.78 is 0. The zero-order chi connectivity index (χ0) is 12.4. The van der Waals surface area contributed by atoms with Crippen LogP contribution in [0, 0.1) is 18.8 Å². The quantitative estimate of drug-likeness (QED) is 0.845. The van der Waals surface area contributed by atoms with Gasteiger partial charge in [0, 0.05) is 18.0 Å². The minimum atomic E-state index is -0.627. The lowest BCUT2D eigenvalue weighted by Crippen LogP contribution is -2.24. The van der Waals surface area contributed by atoms with Crippen molar-refractivity contribution < 1.29 is 9.90 Å². The largest absolute Gasteiger partial charge is 0.481 e. The molecule has 0 aromatic carbocycles. The lowest BCUT2D eigenvalue weighted by Gasteiger charge is -2.15. The van der Waals surface area contributed by atoms with Crippen molar-refractivity contribution in [2.75, 3.05) is 20.1 Å². The van der Waals surface area contributed by atoms with Crippen LogP contribution in [0.3, 0.4) is 0 Å². The molecule has 0 saturated heterocycles. The summed E-state index contributed by atoms with van der Waals surface area (Å²) in [4.78, 5) is 14.4. The number of thiophene rings is 1. The molecule has 1 saturated carbocycles. The Hall–Kier alpha value is -0.870. The number of carboxylic acid groups (broad SMARTS) is 1. The summed E-state index contributed by atoms with van der Waals surface area (Å²) in [7, 11) is 2.08. The lowest BCUT2D eigenvalue weighted by molar-refractivity contribution is -0.138. The Morgan fingerprint density at radius 3 is 2.94 bits per heavy atom. The van der Waals surface area contributed by atoms with Gasteiger partial charge < -0.3 is 10.0 Å². The highest BCUT2D eigenvalue weighted by atomic mass is 32.1. The fraction of sp³-hybridized carbons (Fsp3) is 0.615. The highest BCUT2D eigenvalue weighted by Crippen LogP contribution is 2.38. The highest BCUT2D eigenvalue weighted by Gasteiger charge is 2.43. The number of aryl methyl sites for hydroxylation is 1. The average molecular weight is 253 g/mol. The molecule has 4 heteroatoms. The van der Waals surface area contributed by atoms with Gasteiger partial charge in [-0.1, -0.05) is 0 Å². The van der Waals surface area contributed by atoms with Crippen LogP contribution < -0.4 is 0 Å². The van der Waals surface area contributed by atoms with E-state index in [2.05, 4.69) is 30.3 Å². The van der Waals surface area contributed by atoms with Crippen LogP contribution in [0.4, 0.5) is 0 Å². The van der Waals surface area contributed by atoms with E-state index in [1.165, 1.54) is 10.4 Å². The maximum absolute atomic E-state index is 10.7. The normalized spacial score (nSPS) is 23.0. The van der Waals surface area contributed by atoms with Gasteiger partial charge >= 0.3 is 5.97 Å². The predicted octanol–water partition coefficient (Wildman–Crippen LogP) is 2.25. The smallest absolute Gasteiger partial charge is 0.306 e. The third kappa shape index (κ3) is 3.30. The first-order chi connectivity index (χ1) is 8.08. The molecule has 1 aromatic heterocycles. The Labute approximate surface area is 106 Å². The Bertz CT molecular complexity index is 402. The maximum Gasteiger partial charge on any atom is 0.306 e. The molecular formula is C13H19NO2S. The molecule has 2 rings (SSSR count). The highest BCUT2D eigenvalue weighted by molar-refractivity contribution is 7.10. The predicted molar refractivity (Wildman–Crippen MR) is 69.5 cm³/mol. The van der Waals surface area contributed by atoms with E-state index in [0.29, 0.717) is 5.92 Å². The van der Waals surface area contributed by atoms with Crippen molar-refractivity contribution in [1.29, 1.82) is 0 Å². The SMILES string of the molecule is Cc1ccsc1CCN(C)CC1CC1C(=O)O. The van der Waals surface area contributed by atoms with Crippen LogP contribution in [0.1, 0.15) is 16.9 Å². The number of aliphatic carboxylic acids is 1. The minimum Gasteiger partial charge on any atom is -0.481 e. The molecule has 1 fully saturated rings. The first kappa shape index (κ1) is 12.6. The number of rotatable bonds is 6. The molecule has 1 aliphatic rings. The van der Waals surface area contributed by atoms with Gasteiger partial charge in [-0.15, -0.1) is 11.3 Å². The first-order valence-electron chi connectivity index (χ1n) is 6.02. The van der Waals surface area contributed by atoms with Gasteiger partial charge in [0.05, 0.1) is 5.92 Å². The van der Waals surface area contributed by atoms with E-state index < -0.39 is 5.97 Å². The topological polar surface area (TPSA) is 40.5 Å². The zero-order valence-electron chi connectivity index (χ0n) is 10.3. The van der Waals surface area contributed by atoms with Crippen molar-refractivity contribution in [1.82, 2.24) is 4.90 Å². The molecule has 17 heavy (non-hydrogen) atoms. The van der Waals surface area contributed by atoms with E-state index in [4.69, 9.17) is 5.11 Å². The molecule has 1 aromatic rings. The van der Waals surface area contributed by atoms with Crippen LogP contribution >= 0.6 is 11.3 Å². The fourth-order valence-corrected chi connectivity index (χ4v) is 3.10. The zero-order valence-corrected chi connectivity index (χ0v) is 11.2. The van der Waals surface area contributed by atoms with Gasteiger partial charge in [0.1, 0.15) is 0 Å². The summed E-state index contributed by atoms with van der Waals surface area (Å²) in [5, 5.41) is 11.0. The number of hydrogen-bond donors (Lipinski definition) is 1. The number of hydrogen-bond acceptors (Lipinski definition) is 3. The third-order valence-electron chi connectivity index (χ3n) is 3.47. The minimum absolute atomic E-state index is 0.0825. The van der Waals surface area contributed by atoms with Crippen molar-refractivity contribution in [3.63, 3.8) is 0 Å². The summed E-state index contributed by atoms with van der Waals surface area (Å²) in [6.07, 6.45) is 1.93. The number of carboxylic acids is 1. The van der Waals surface area contributed by atoms with E-state index in [-0.39, 0.29) is 5.92 Å². The summed E-state index contributed by atoms with van der Waals surface area (Å²) >= 11 is 1.81. The maximum atomic E-state index is 10.7. The van der Waals surface area contributed by atoms with E-state index >= 15 is 0 Å². The Kier molecular flexibility index (Phi) is 3.84. The molecular weight excluding hydrogens is 234 g/mol. The van der Waals surface area contributed by atoms with E-state index in [9.17, 15) is 4.79 Å². The van der Waals surface area contributed by atoms with Crippen molar-refractivity contribution in [3.05, 3.63) is 21.9 Å². The van der Waals surface area contributed by atoms with Crippen molar-refractivity contribution in [2.24, 2.45) is 11.8 Å². The van der Waals surface area contributed by atoms with Crippen molar-refractivity contribution in [3.8, 4) is 0 Å². The molecule has 0 radical (unpaired) electrons. The molecule has 94 valence electrons. The number of nitrogens with zero attached hydrogens (tertiary/aromatic N) is 1. The molecule has 2 unspecified atom stereocenters. The second-order valence-corrected chi connectivity index (χ2v) is 5.98. The van der Waals surface area contributed by atoms with Crippen LogP contribution in [0.2, 0.25) is 0 Å². The average Bonchev–Trinajstić information content (AvgIpc) is 2.91. The second-order valence-electron chi connectivity index (χ2n) is 4.98. The van der Waals surface area contributed by atoms with Gasteiger partial charge in [-0.2, -0.15) is 0 Å². The fourth-order valence-electron chi connectivity index (χ4n) is 2.20.